The van der Waals surface area contributed by atoms with E-state index in [9.17, 15) is 8.42 Å². The number of sulfonamides is 1. The lowest BCUT2D eigenvalue weighted by molar-refractivity contribution is 0.571. The van der Waals surface area contributed by atoms with Crippen LogP contribution in [0.1, 0.15) is 22.9 Å². The lowest BCUT2D eigenvalue weighted by Gasteiger charge is -2.12. The highest BCUT2D eigenvalue weighted by atomic mass is 32.2. The van der Waals surface area contributed by atoms with Gasteiger partial charge in [0.05, 0.1) is 0 Å². The van der Waals surface area contributed by atoms with Gasteiger partial charge in [-0.05, 0) is 31.0 Å². The predicted octanol–water partition coefficient (Wildman–Crippen LogP) is 2.42. The van der Waals surface area contributed by atoms with Crippen molar-refractivity contribution in [2.24, 2.45) is 5.73 Å². The summed E-state index contributed by atoms with van der Waals surface area (Å²) in [5, 5.41) is 0. The number of hydrogen-bond donors (Lipinski definition) is 2. The van der Waals surface area contributed by atoms with Crippen LogP contribution < -0.4 is 10.5 Å². The normalized spacial score (nSPS) is 13.3. The molecule has 20 heavy (non-hydrogen) atoms. The molecule has 2 aromatic rings. The van der Waals surface area contributed by atoms with Gasteiger partial charge in [0.1, 0.15) is 4.21 Å². The van der Waals surface area contributed by atoms with Gasteiger partial charge in [-0.2, -0.15) is 0 Å². The van der Waals surface area contributed by atoms with Crippen molar-refractivity contribution in [3.8, 4) is 0 Å². The van der Waals surface area contributed by atoms with Crippen LogP contribution in [-0.4, -0.2) is 15.0 Å². The third-order valence-electron chi connectivity index (χ3n) is 2.96. The molecule has 6 heteroatoms. The Morgan fingerprint density at radius 1 is 1.20 bits per heavy atom. The molecule has 4 nitrogen and oxygen atoms in total. The Kier molecular flexibility index (Phi) is 4.93. The van der Waals surface area contributed by atoms with Crippen molar-refractivity contribution >= 4 is 21.4 Å². The van der Waals surface area contributed by atoms with Crippen LogP contribution in [0.25, 0.3) is 0 Å². The third-order valence-corrected chi connectivity index (χ3v) is 5.91. The molecular weight excluding hydrogens is 292 g/mol. The van der Waals surface area contributed by atoms with Crippen molar-refractivity contribution in [3.05, 3.63) is 52.9 Å². The molecule has 0 spiro atoms. The van der Waals surface area contributed by atoms with E-state index in [1.165, 1.54) is 11.3 Å². The van der Waals surface area contributed by atoms with E-state index in [4.69, 9.17) is 5.73 Å². The number of nitrogens with two attached hydrogens (primary N) is 1. The van der Waals surface area contributed by atoms with E-state index in [-0.39, 0.29) is 6.04 Å². The van der Waals surface area contributed by atoms with Crippen molar-refractivity contribution in [3.63, 3.8) is 0 Å². The first-order valence-corrected chi connectivity index (χ1v) is 8.65. The van der Waals surface area contributed by atoms with Crippen LogP contribution in [-0.2, 0) is 10.0 Å². The summed E-state index contributed by atoms with van der Waals surface area (Å²) in [5.74, 6) is 0. The zero-order valence-electron chi connectivity index (χ0n) is 11.2. The molecule has 0 saturated heterocycles. The average Bonchev–Trinajstić information content (AvgIpc) is 2.87. The highest BCUT2D eigenvalue weighted by Gasteiger charge is 2.16. The second-order valence-corrected chi connectivity index (χ2v) is 7.85. The maximum absolute atomic E-state index is 12.0. The van der Waals surface area contributed by atoms with Gasteiger partial charge in [-0.25, -0.2) is 13.1 Å². The highest BCUT2D eigenvalue weighted by molar-refractivity contribution is 7.91. The molecule has 1 unspecified atom stereocenters. The van der Waals surface area contributed by atoms with E-state index in [0.717, 1.165) is 10.4 Å². The molecule has 0 radical (unpaired) electrons. The molecule has 0 amide bonds. The molecule has 0 aliphatic heterocycles. The largest absolute Gasteiger partial charge is 0.324 e. The first-order valence-electron chi connectivity index (χ1n) is 6.36. The molecule has 3 N–H and O–H groups in total. The quantitative estimate of drug-likeness (QED) is 0.860. The Bertz CT molecular complexity index is 651. The molecule has 0 aliphatic rings. The average molecular weight is 310 g/mol. The van der Waals surface area contributed by atoms with Crippen LogP contribution in [0.5, 0.6) is 0 Å². The van der Waals surface area contributed by atoms with Gasteiger partial charge in [-0.3, -0.25) is 0 Å². The van der Waals surface area contributed by atoms with Crippen molar-refractivity contribution < 1.29 is 8.42 Å². The van der Waals surface area contributed by atoms with Crippen LogP contribution in [0.3, 0.4) is 0 Å². The van der Waals surface area contributed by atoms with Crippen molar-refractivity contribution in [1.82, 2.24) is 4.72 Å². The number of rotatable bonds is 6. The zero-order chi connectivity index (χ0) is 14.6. The van der Waals surface area contributed by atoms with Gasteiger partial charge in [-0.15, -0.1) is 11.3 Å². The third kappa shape index (κ3) is 3.89. The van der Waals surface area contributed by atoms with Crippen molar-refractivity contribution in [2.75, 3.05) is 6.54 Å². The van der Waals surface area contributed by atoms with Crippen molar-refractivity contribution in [2.45, 2.75) is 23.6 Å². The van der Waals surface area contributed by atoms with Crippen LogP contribution in [0.15, 0.2) is 46.7 Å². The zero-order valence-corrected chi connectivity index (χ0v) is 12.9. The summed E-state index contributed by atoms with van der Waals surface area (Å²) in [7, 11) is -3.40. The maximum atomic E-state index is 12.0. The van der Waals surface area contributed by atoms with E-state index in [2.05, 4.69) is 4.72 Å². The summed E-state index contributed by atoms with van der Waals surface area (Å²) < 4.78 is 27.0. The SMILES string of the molecule is Cc1ccc(S(=O)(=O)NCCC(N)c2ccccc2)s1. The predicted molar refractivity (Wildman–Crippen MR) is 82.2 cm³/mol. The molecule has 0 bridgehead atoms. The Hall–Kier alpha value is -1.21. The second-order valence-electron chi connectivity index (χ2n) is 4.57. The molecule has 0 saturated carbocycles. The van der Waals surface area contributed by atoms with E-state index in [0.29, 0.717) is 17.2 Å². The number of nitrogens with one attached hydrogen (secondary N) is 1. The molecule has 1 aromatic carbocycles. The van der Waals surface area contributed by atoms with Crippen LogP contribution in [0.2, 0.25) is 0 Å². The summed E-state index contributed by atoms with van der Waals surface area (Å²) in [5.41, 5.74) is 7.05. The molecule has 1 heterocycles. The van der Waals surface area contributed by atoms with Gasteiger partial charge in [-0.1, -0.05) is 30.3 Å². The Morgan fingerprint density at radius 3 is 2.50 bits per heavy atom. The molecule has 2 rings (SSSR count). The summed E-state index contributed by atoms with van der Waals surface area (Å²) >= 11 is 1.27. The second kappa shape index (κ2) is 6.49. The fourth-order valence-electron chi connectivity index (χ4n) is 1.84. The number of thiophene rings is 1. The summed E-state index contributed by atoms with van der Waals surface area (Å²) in [6, 6.07) is 12.9. The minimum Gasteiger partial charge on any atom is -0.324 e. The van der Waals surface area contributed by atoms with Crippen molar-refractivity contribution in [1.29, 1.82) is 0 Å². The molecular formula is C14H18N2O2S2. The minimum atomic E-state index is -3.40. The van der Waals surface area contributed by atoms with Gasteiger partial charge < -0.3 is 5.73 Å². The first kappa shape index (κ1) is 15.2. The molecule has 0 aliphatic carbocycles. The van der Waals surface area contributed by atoms with Gasteiger partial charge in [0, 0.05) is 17.5 Å². The molecule has 1 atom stereocenters. The summed E-state index contributed by atoms with van der Waals surface area (Å²) in [6.45, 7) is 2.21. The Balaban J connectivity index is 1.90. The smallest absolute Gasteiger partial charge is 0.250 e. The standard InChI is InChI=1S/C14H18N2O2S2/c1-11-7-8-14(19-11)20(17,18)16-10-9-13(15)12-5-3-2-4-6-12/h2-8,13,16H,9-10,15H2,1H3. The van der Waals surface area contributed by atoms with Gasteiger partial charge >= 0.3 is 0 Å². The summed E-state index contributed by atoms with van der Waals surface area (Å²) in [4.78, 5) is 0.978. The molecule has 108 valence electrons. The Morgan fingerprint density at radius 2 is 1.90 bits per heavy atom. The number of aryl methyl sites for hydroxylation is 1. The minimum absolute atomic E-state index is 0.163. The van der Waals surface area contributed by atoms with Crippen LogP contribution >= 0.6 is 11.3 Å². The van der Waals surface area contributed by atoms with E-state index in [1.54, 1.807) is 12.1 Å². The monoisotopic (exact) mass is 310 g/mol. The van der Waals surface area contributed by atoms with E-state index in [1.807, 2.05) is 37.3 Å². The number of benzene rings is 1. The Labute approximate surface area is 123 Å². The topological polar surface area (TPSA) is 72.2 Å². The lowest BCUT2D eigenvalue weighted by atomic mass is 10.1. The molecule has 0 fully saturated rings. The first-order chi connectivity index (χ1) is 9.49. The van der Waals surface area contributed by atoms with Gasteiger partial charge in [0.2, 0.25) is 10.0 Å². The maximum Gasteiger partial charge on any atom is 0.250 e. The fourth-order valence-corrected chi connectivity index (χ4v) is 4.22. The highest BCUT2D eigenvalue weighted by Crippen LogP contribution is 2.20. The van der Waals surface area contributed by atoms with Crippen LogP contribution in [0.4, 0.5) is 0 Å². The van der Waals surface area contributed by atoms with Gasteiger partial charge in [0.25, 0.3) is 0 Å². The number of hydrogen-bond acceptors (Lipinski definition) is 4. The van der Waals surface area contributed by atoms with E-state index >= 15 is 0 Å². The lowest BCUT2D eigenvalue weighted by Crippen LogP contribution is -2.26. The van der Waals surface area contributed by atoms with Crippen LogP contribution in [0, 0.1) is 6.92 Å². The van der Waals surface area contributed by atoms with E-state index < -0.39 is 10.0 Å². The fraction of sp³-hybridized carbons (Fsp3) is 0.286. The molecule has 1 aromatic heterocycles. The summed E-state index contributed by atoms with van der Waals surface area (Å²) in [6.07, 6.45) is 0.563. The van der Waals surface area contributed by atoms with Gasteiger partial charge in [0.15, 0.2) is 0 Å².